The van der Waals surface area contributed by atoms with Crippen LogP contribution in [0.5, 0.6) is 0 Å². The van der Waals surface area contributed by atoms with E-state index in [2.05, 4.69) is 39.9 Å². The molecule has 6 aromatic rings. The van der Waals surface area contributed by atoms with Crippen LogP contribution in [0, 0.1) is 11.3 Å². The highest BCUT2D eigenvalue weighted by Gasteiger charge is 2.49. The van der Waals surface area contributed by atoms with Gasteiger partial charge in [0, 0.05) is 53.1 Å². The zero-order chi connectivity index (χ0) is 63.7. The van der Waals surface area contributed by atoms with E-state index in [4.69, 9.17) is 29.9 Å². The number of aromatic amines is 1. The second-order valence-electron chi connectivity index (χ2n) is 22.3. The number of H-pyrrole nitrogens is 1. The fourth-order valence-electron chi connectivity index (χ4n) is 10.3. The van der Waals surface area contributed by atoms with E-state index in [0.717, 1.165) is 72.8 Å². The number of nitrogens with zero attached hydrogens (tertiary/aromatic N) is 1. The number of carboxylic acid groups (broad SMARTS) is 5. The van der Waals surface area contributed by atoms with Crippen LogP contribution in [-0.4, -0.2) is 121 Å². The summed E-state index contributed by atoms with van der Waals surface area (Å²) >= 11 is 0. The van der Waals surface area contributed by atoms with E-state index >= 15 is 0 Å². The van der Waals surface area contributed by atoms with Crippen LogP contribution in [0.25, 0.3) is 22.0 Å². The number of alkyl carbamates (subject to hydrolysis) is 1. The molecule has 1 amide bonds. The summed E-state index contributed by atoms with van der Waals surface area (Å²) in [4.78, 5) is 103. The number of rotatable bonds is 21. The summed E-state index contributed by atoms with van der Waals surface area (Å²) in [5, 5.41) is 57.1. The Bertz CT molecular complexity index is 3310. The van der Waals surface area contributed by atoms with Crippen molar-refractivity contribution in [3.8, 4) is 11.1 Å². The minimum atomic E-state index is -1.48. The molecule has 1 fully saturated rings. The predicted octanol–water partition coefficient (Wildman–Crippen LogP) is 12.2. The number of hydrogen-bond acceptors (Lipinski definition) is 13. The second-order valence-corrected chi connectivity index (χ2v) is 22.3. The van der Waals surface area contributed by atoms with Gasteiger partial charge in [0.05, 0.1) is 17.0 Å². The summed E-state index contributed by atoms with van der Waals surface area (Å²) in [5.74, 6) is -5.98. The molecule has 1 aliphatic heterocycles. The fraction of sp³-hybridized carbons (Fsp3) is 0.403. The molecule has 464 valence electrons. The maximum atomic E-state index is 12.7. The third-order valence-electron chi connectivity index (χ3n) is 14.8. The Balaban J connectivity index is 0.000000204. The molecule has 1 aromatic heterocycles. The molecule has 0 saturated carbocycles. The first kappa shape index (κ1) is 68.7. The molecule has 0 spiro atoms. The number of para-hydroxylation sites is 1. The number of nitrogens with one attached hydrogen (secondary N) is 3. The van der Waals surface area contributed by atoms with Crippen LogP contribution in [0.1, 0.15) is 194 Å². The van der Waals surface area contributed by atoms with Crippen LogP contribution >= 0.6 is 0 Å². The van der Waals surface area contributed by atoms with Gasteiger partial charge in [0.1, 0.15) is 12.2 Å². The van der Waals surface area contributed by atoms with Gasteiger partial charge in [-0.3, -0.25) is 33.9 Å². The van der Waals surface area contributed by atoms with Crippen LogP contribution in [0.2, 0.25) is 0 Å². The summed E-state index contributed by atoms with van der Waals surface area (Å²) in [7, 11) is 0. The quantitative estimate of drug-likeness (QED) is 0.0188. The van der Waals surface area contributed by atoms with Crippen LogP contribution in [0.3, 0.4) is 0 Å². The number of carbonyl (C=O) groups is 9. The number of aliphatic carboxylic acids is 3. The van der Waals surface area contributed by atoms with Gasteiger partial charge >= 0.3 is 41.9 Å². The van der Waals surface area contributed by atoms with Gasteiger partial charge in [-0.15, -0.1) is 0 Å². The smallest absolute Gasteiger partial charge is 0.407 e. The number of benzene rings is 5. The van der Waals surface area contributed by atoms with Crippen LogP contribution in [0.4, 0.5) is 4.79 Å². The standard InChI is InChI=1S/C21H21NO4.C15H8O4.C12H24O2.C11H21NO4.C8H6N2O2/c23-19(24)21(10-5-11-22-13-21)20(25)26-12-18-16-8-3-1-6-14(16)15-7-2-4-9-17(15)18;16-13-9-3-1-2-4-10(9)14(17)12-7-8(15(18)19)5-6-11(12)13;1-3-5-6-7-8-10-11(9-4-2)12(13)14;1-11(2,3)16-10(15)12-8-6-4-5-7-9(13)14;11-8(12)7-5-3-1-2-4-6(5)9-10-7/h1-4,6-9,18,22H,5,10-13H2,(H,23,24);1-7H,(H,18,19);11H,3-10H2,1-2H3,(H,13,14);4-8H2,1-3H3,(H,12,15)(H,13,14);1-4H,(H,9,10)(H,11,12). The number of piperidine rings is 1. The van der Waals surface area contributed by atoms with Gasteiger partial charge in [0.25, 0.3) is 0 Å². The van der Waals surface area contributed by atoms with Crippen molar-refractivity contribution >= 4 is 64.4 Å². The van der Waals surface area contributed by atoms with Gasteiger partial charge in [-0.05, 0) is 112 Å². The number of unbranched alkanes of at least 4 members (excludes halogenated alkanes) is 6. The minimum absolute atomic E-state index is 0.000666. The molecule has 2 heterocycles. The van der Waals surface area contributed by atoms with E-state index in [1.165, 1.54) is 43.9 Å². The van der Waals surface area contributed by atoms with Crippen molar-refractivity contribution in [2.75, 3.05) is 26.2 Å². The summed E-state index contributed by atoms with van der Waals surface area (Å²) in [5.41, 5.74) is 4.50. The number of carbonyl (C=O) groups excluding carboxylic acids is 4. The lowest BCUT2D eigenvalue weighted by Crippen LogP contribution is -2.51. The summed E-state index contributed by atoms with van der Waals surface area (Å²) in [6.45, 7) is 11.2. The molecule has 1 saturated heterocycles. The van der Waals surface area contributed by atoms with E-state index in [-0.39, 0.29) is 65.4 Å². The van der Waals surface area contributed by atoms with E-state index < -0.39 is 52.9 Å². The molecule has 2 unspecified atom stereocenters. The lowest BCUT2D eigenvalue weighted by Gasteiger charge is -2.31. The van der Waals surface area contributed by atoms with Crippen molar-refractivity contribution in [3.05, 3.63) is 160 Å². The highest BCUT2D eigenvalue weighted by atomic mass is 16.6. The Morgan fingerprint density at radius 2 is 1.23 bits per heavy atom. The second kappa shape index (κ2) is 33.6. The Hall–Kier alpha value is -9.04. The lowest BCUT2D eigenvalue weighted by atomic mass is 9.81. The highest BCUT2D eigenvalue weighted by molar-refractivity contribution is 6.28. The normalized spacial score (nSPS) is 14.8. The van der Waals surface area contributed by atoms with Crippen LogP contribution in [0.15, 0.2) is 115 Å². The number of aromatic carboxylic acids is 2. The number of ketones is 2. The zero-order valence-corrected chi connectivity index (χ0v) is 50.0. The van der Waals surface area contributed by atoms with Gasteiger partial charge in [-0.1, -0.05) is 150 Å². The molecular weight excluding hydrogens is 1120 g/mol. The first-order valence-corrected chi connectivity index (χ1v) is 29.5. The lowest BCUT2D eigenvalue weighted by molar-refractivity contribution is -0.170. The molecular formula is C67H80N4O16. The van der Waals surface area contributed by atoms with Crippen molar-refractivity contribution < 1.29 is 78.2 Å². The molecule has 0 radical (unpaired) electrons. The van der Waals surface area contributed by atoms with E-state index in [1.54, 1.807) is 63.2 Å². The molecule has 5 aromatic carbocycles. The molecule has 0 bridgehead atoms. The van der Waals surface area contributed by atoms with Crippen molar-refractivity contribution in [3.63, 3.8) is 0 Å². The number of esters is 1. The Morgan fingerprint density at radius 1 is 0.655 bits per heavy atom. The van der Waals surface area contributed by atoms with Gasteiger partial charge < -0.3 is 45.6 Å². The molecule has 9 rings (SSSR count). The molecule has 2 aliphatic carbocycles. The molecule has 2 atom stereocenters. The number of carboxylic acids is 5. The van der Waals surface area contributed by atoms with E-state index in [1.807, 2.05) is 49.4 Å². The number of aromatic nitrogens is 2. The van der Waals surface area contributed by atoms with E-state index in [9.17, 15) is 48.3 Å². The molecule has 3 aliphatic rings. The van der Waals surface area contributed by atoms with E-state index in [0.29, 0.717) is 42.3 Å². The van der Waals surface area contributed by atoms with Gasteiger partial charge in [0.15, 0.2) is 22.7 Å². The first-order valence-electron chi connectivity index (χ1n) is 29.5. The monoisotopic (exact) mass is 1200 g/mol. The number of fused-ring (bicyclic) bond motifs is 6. The Morgan fingerprint density at radius 3 is 1.78 bits per heavy atom. The third kappa shape index (κ3) is 19.8. The molecule has 8 N–H and O–H groups in total. The van der Waals surface area contributed by atoms with Crippen molar-refractivity contribution in [1.82, 2.24) is 20.8 Å². The summed E-state index contributed by atoms with van der Waals surface area (Å²) in [6.07, 6.45) is 11.7. The van der Waals surface area contributed by atoms with Crippen molar-refractivity contribution in [1.29, 1.82) is 0 Å². The van der Waals surface area contributed by atoms with Gasteiger partial charge in [0.2, 0.25) is 0 Å². The summed E-state index contributed by atoms with van der Waals surface area (Å²) < 4.78 is 10.6. The number of hydrogen-bond donors (Lipinski definition) is 8. The average molecular weight is 1200 g/mol. The Kier molecular flexibility index (Phi) is 26.5. The highest BCUT2D eigenvalue weighted by Crippen LogP contribution is 2.45. The Labute approximate surface area is 506 Å². The first-order chi connectivity index (χ1) is 41.5. The minimum Gasteiger partial charge on any atom is -0.481 e. The molecule has 87 heavy (non-hydrogen) atoms. The number of amides is 1. The zero-order valence-electron chi connectivity index (χ0n) is 50.0. The largest absolute Gasteiger partial charge is 0.481 e. The SMILES string of the molecule is CC(C)(C)OC(=O)NCCCCCC(=O)O.CCCCCCCC(CCC)C(=O)O.O=C(O)C1(C(=O)OCC2c3ccccc3-c3ccccc32)CCCNC1.O=C(O)c1ccc2c(c1)C(=O)c1ccccc1C2=O.O=C(O)c1n[nH]c2ccccc12. The average Bonchev–Trinajstić information content (AvgIpc) is 3.08. The molecule has 20 nitrogen and oxygen atoms in total. The topological polar surface area (TPSA) is 326 Å². The summed E-state index contributed by atoms with van der Waals surface area (Å²) in [6, 6.07) is 33.8. The number of ether oxygens (including phenoxy) is 2. The molecule has 20 heteroatoms. The third-order valence-corrected chi connectivity index (χ3v) is 14.8. The van der Waals surface area contributed by atoms with Crippen LogP contribution in [-0.2, 0) is 28.7 Å². The van der Waals surface area contributed by atoms with Crippen LogP contribution < -0.4 is 10.6 Å². The predicted molar refractivity (Wildman–Crippen MR) is 326 cm³/mol. The van der Waals surface area contributed by atoms with Crippen molar-refractivity contribution in [2.24, 2.45) is 11.3 Å². The van der Waals surface area contributed by atoms with Gasteiger partial charge in [-0.25, -0.2) is 14.4 Å². The fourth-order valence-corrected chi connectivity index (χ4v) is 10.3. The van der Waals surface area contributed by atoms with Gasteiger partial charge in [-0.2, -0.15) is 5.10 Å². The maximum absolute atomic E-state index is 12.7. The maximum Gasteiger partial charge on any atom is 0.407 e. The van der Waals surface area contributed by atoms with Crippen molar-refractivity contribution in [2.45, 2.75) is 136 Å².